The molecule has 4 aromatic rings. The van der Waals surface area contributed by atoms with Crippen LogP contribution >= 0.6 is 0 Å². The van der Waals surface area contributed by atoms with Gasteiger partial charge in [0, 0.05) is 12.4 Å². The number of imidazole rings is 1. The summed E-state index contributed by atoms with van der Waals surface area (Å²) in [5.74, 6) is 0.821. The van der Waals surface area contributed by atoms with Gasteiger partial charge < -0.3 is 10.7 Å². The summed E-state index contributed by atoms with van der Waals surface area (Å²) < 4.78 is 0. The maximum Gasteiger partial charge on any atom is 0.124 e. The number of hydrogen-bond donors (Lipinski definition) is 2. The minimum Gasteiger partial charge on any atom is -0.341 e. The molecule has 2 heterocycles. The first-order valence-electron chi connectivity index (χ1n) is 9.65. The molecule has 0 unspecified atom stereocenters. The fraction of sp³-hybridized carbons (Fsp3) is 0.250. The fourth-order valence-corrected chi connectivity index (χ4v) is 3.42. The highest BCUT2D eigenvalue weighted by Gasteiger charge is 2.15. The molecule has 0 aliphatic carbocycles. The summed E-state index contributed by atoms with van der Waals surface area (Å²) in [4.78, 5) is 12.2. The lowest BCUT2D eigenvalue weighted by Gasteiger charge is -2.19. The summed E-state index contributed by atoms with van der Waals surface area (Å²) in [5, 5.41) is 0. The average molecular weight is 370 g/mol. The zero-order valence-corrected chi connectivity index (χ0v) is 16.6. The number of rotatable bonds is 4. The molecule has 0 saturated carbocycles. The number of aromatic nitrogens is 3. The summed E-state index contributed by atoms with van der Waals surface area (Å²) in [6, 6.07) is 18.8. The van der Waals surface area contributed by atoms with Gasteiger partial charge in [0.15, 0.2) is 0 Å². The highest BCUT2D eigenvalue weighted by Crippen LogP contribution is 2.26. The van der Waals surface area contributed by atoms with E-state index in [0.717, 1.165) is 34.4 Å². The number of nitrogens with one attached hydrogen (secondary N) is 1. The molecule has 0 aliphatic rings. The summed E-state index contributed by atoms with van der Waals surface area (Å²) >= 11 is 0. The van der Waals surface area contributed by atoms with Crippen molar-refractivity contribution >= 4 is 11.0 Å². The van der Waals surface area contributed by atoms with Crippen LogP contribution in [0.1, 0.15) is 43.8 Å². The third-order valence-corrected chi connectivity index (χ3v) is 5.14. The maximum atomic E-state index is 6.46. The van der Waals surface area contributed by atoms with Crippen molar-refractivity contribution in [3.8, 4) is 11.1 Å². The number of hydrogen-bond acceptors (Lipinski definition) is 3. The Kier molecular flexibility index (Phi) is 4.73. The van der Waals surface area contributed by atoms with Gasteiger partial charge in [-0.3, -0.25) is 4.98 Å². The summed E-state index contributed by atoms with van der Waals surface area (Å²) in [6.45, 7) is 6.67. The molecule has 0 radical (unpaired) electrons. The largest absolute Gasteiger partial charge is 0.341 e. The first-order chi connectivity index (χ1) is 13.4. The van der Waals surface area contributed by atoms with Crippen LogP contribution in [0.2, 0.25) is 0 Å². The molecule has 0 spiro atoms. The molecule has 1 atom stereocenters. The van der Waals surface area contributed by atoms with E-state index in [0.29, 0.717) is 0 Å². The molecule has 0 amide bonds. The van der Waals surface area contributed by atoms with E-state index in [1.165, 1.54) is 11.1 Å². The maximum absolute atomic E-state index is 6.46. The van der Waals surface area contributed by atoms with Gasteiger partial charge in [-0.2, -0.15) is 0 Å². The lowest BCUT2D eigenvalue weighted by atomic mass is 9.86. The van der Waals surface area contributed by atoms with Crippen LogP contribution in [0.4, 0.5) is 0 Å². The van der Waals surface area contributed by atoms with Crippen LogP contribution in [0.25, 0.3) is 22.2 Å². The highest BCUT2D eigenvalue weighted by atomic mass is 15.0. The number of aromatic amines is 1. The van der Waals surface area contributed by atoms with E-state index in [4.69, 9.17) is 10.7 Å². The van der Waals surface area contributed by atoms with Gasteiger partial charge in [0.05, 0.1) is 17.1 Å². The lowest BCUT2D eigenvalue weighted by Crippen LogP contribution is -2.15. The Morgan fingerprint density at radius 3 is 2.32 bits per heavy atom. The molecule has 142 valence electrons. The van der Waals surface area contributed by atoms with Gasteiger partial charge in [-0.05, 0) is 58.4 Å². The Hall–Kier alpha value is -2.98. The smallest absolute Gasteiger partial charge is 0.124 e. The molecular weight excluding hydrogens is 344 g/mol. The van der Waals surface area contributed by atoms with E-state index in [-0.39, 0.29) is 11.5 Å². The second-order valence-corrected chi connectivity index (χ2v) is 8.35. The van der Waals surface area contributed by atoms with Gasteiger partial charge in [0.2, 0.25) is 0 Å². The fourth-order valence-electron chi connectivity index (χ4n) is 3.42. The molecule has 4 nitrogen and oxygen atoms in total. The number of nitrogens with two attached hydrogens (primary N) is 1. The molecule has 2 aromatic heterocycles. The van der Waals surface area contributed by atoms with Crippen LogP contribution in [-0.4, -0.2) is 15.0 Å². The van der Waals surface area contributed by atoms with E-state index in [2.05, 4.69) is 73.2 Å². The van der Waals surface area contributed by atoms with Crippen LogP contribution < -0.4 is 5.73 Å². The normalized spacial score (nSPS) is 13.0. The SMILES string of the molecule is CC(C)(C)c1ccc(C[C@H](N)c2nc3cc(-c4ccncc4)ccc3[nH]2)cc1. The predicted molar refractivity (Wildman–Crippen MR) is 115 cm³/mol. The average Bonchev–Trinajstić information content (AvgIpc) is 3.12. The lowest BCUT2D eigenvalue weighted by molar-refractivity contribution is 0.589. The standard InChI is InChI=1S/C24H26N4/c1-24(2,3)19-7-4-16(5-8-19)14-20(25)23-27-21-9-6-18(15-22(21)28-23)17-10-12-26-13-11-17/h4-13,15,20H,14,25H2,1-3H3,(H,27,28)/t20-/m0/s1. The summed E-state index contributed by atoms with van der Waals surface area (Å²) in [5.41, 5.74) is 13.4. The zero-order valence-electron chi connectivity index (χ0n) is 16.6. The van der Waals surface area contributed by atoms with Gasteiger partial charge in [-0.25, -0.2) is 4.98 Å². The minimum atomic E-state index is -0.169. The third-order valence-electron chi connectivity index (χ3n) is 5.14. The van der Waals surface area contributed by atoms with E-state index >= 15 is 0 Å². The molecule has 0 bridgehead atoms. The second kappa shape index (κ2) is 7.21. The van der Waals surface area contributed by atoms with Crippen molar-refractivity contribution in [3.63, 3.8) is 0 Å². The van der Waals surface area contributed by atoms with Gasteiger partial charge in [0.1, 0.15) is 5.82 Å². The molecule has 2 aromatic carbocycles. The number of H-pyrrole nitrogens is 1. The number of pyridine rings is 1. The summed E-state index contributed by atoms with van der Waals surface area (Å²) in [7, 11) is 0. The van der Waals surface area contributed by atoms with Crippen molar-refractivity contribution < 1.29 is 0 Å². The highest BCUT2D eigenvalue weighted by molar-refractivity contribution is 5.82. The van der Waals surface area contributed by atoms with Crippen molar-refractivity contribution in [2.24, 2.45) is 5.73 Å². The van der Waals surface area contributed by atoms with E-state index in [9.17, 15) is 0 Å². The molecular formula is C24H26N4. The van der Waals surface area contributed by atoms with Crippen LogP contribution in [0.3, 0.4) is 0 Å². The summed E-state index contributed by atoms with van der Waals surface area (Å²) in [6.07, 6.45) is 4.36. The monoisotopic (exact) mass is 370 g/mol. The molecule has 0 saturated heterocycles. The molecule has 3 N–H and O–H groups in total. The molecule has 28 heavy (non-hydrogen) atoms. The first-order valence-corrected chi connectivity index (χ1v) is 9.65. The Morgan fingerprint density at radius 1 is 0.929 bits per heavy atom. The van der Waals surface area contributed by atoms with Crippen molar-refractivity contribution in [1.82, 2.24) is 15.0 Å². The Balaban J connectivity index is 1.55. The first kappa shape index (κ1) is 18.4. The topological polar surface area (TPSA) is 67.6 Å². The van der Waals surface area contributed by atoms with Crippen molar-refractivity contribution in [2.45, 2.75) is 38.6 Å². The minimum absolute atomic E-state index is 0.159. The van der Waals surface area contributed by atoms with Gasteiger partial charge in [-0.1, -0.05) is 51.1 Å². The van der Waals surface area contributed by atoms with Crippen LogP contribution in [0.15, 0.2) is 67.0 Å². The van der Waals surface area contributed by atoms with Crippen LogP contribution in [0.5, 0.6) is 0 Å². The Morgan fingerprint density at radius 2 is 1.64 bits per heavy atom. The number of fused-ring (bicyclic) bond motifs is 1. The van der Waals surface area contributed by atoms with E-state index in [1.54, 1.807) is 12.4 Å². The van der Waals surface area contributed by atoms with Crippen LogP contribution in [0, 0.1) is 0 Å². The van der Waals surface area contributed by atoms with E-state index < -0.39 is 0 Å². The molecule has 4 rings (SSSR count). The molecule has 0 aliphatic heterocycles. The van der Waals surface area contributed by atoms with Gasteiger partial charge in [0.25, 0.3) is 0 Å². The van der Waals surface area contributed by atoms with Crippen molar-refractivity contribution in [1.29, 1.82) is 0 Å². The zero-order chi connectivity index (χ0) is 19.7. The van der Waals surface area contributed by atoms with Crippen molar-refractivity contribution in [2.75, 3.05) is 0 Å². The van der Waals surface area contributed by atoms with Gasteiger partial charge >= 0.3 is 0 Å². The Labute approximate surface area is 165 Å². The van der Waals surface area contributed by atoms with Crippen LogP contribution in [-0.2, 0) is 11.8 Å². The Bertz CT molecular complexity index is 1070. The van der Waals surface area contributed by atoms with Gasteiger partial charge in [-0.15, -0.1) is 0 Å². The number of benzene rings is 2. The number of nitrogens with zero attached hydrogens (tertiary/aromatic N) is 2. The van der Waals surface area contributed by atoms with E-state index in [1.807, 2.05) is 12.1 Å². The van der Waals surface area contributed by atoms with Crippen molar-refractivity contribution in [3.05, 3.63) is 83.9 Å². The quantitative estimate of drug-likeness (QED) is 0.521. The second-order valence-electron chi connectivity index (χ2n) is 8.35. The molecule has 0 fully saturated rings. The predicted octanol–water partition coefficient (Wildman–Crippen LogP) is 5.16. The third kappa shape index (κ3) is 3.82. The molecule has 4 heteroatoms.